The number of rotatable bonds is 10. The lowest BCUT2D eigenvalue weighted by Gasteiger charge is -2.58. The lowest BCUT2D eigenvalue weighted by molar-refractivity contribution is -0.187. The van der Waals surface area contributed by atoms with Crippen LogP contribution in [0, 0.1) is 18.3 Å². The number of benzene rings is 3. The summed E-state index contributed by atoms with van der Waals surface area (Å²) in [7, 11) is 0.0837. The molecule has 1 aliphatic rings. The summed E-state index contributed by atoms with van der Waals surface area (Å²) in [5.74, 6) is 1.21. The highest BCUT2D eigenvalue weighted by atomic mass is 28.3. The molecule has 0 spiro atoms. The summed E-state index contributed by atoms with van der Waals surface area (Å²) in [6, 6.07) is 26.4. The van der Waals surface area contributed by atoms with E-state index in [1.165, 1.54) is 10.8 Å². The molecule has 1 aromatic heterocycles. The molecule has 2 heterocycles. The highest BCUT2D eigenvalue weighted by molar-refractivity contribution is 6.83. The maximum Gasteiger partial charge on any atom is 0.330 e. The molecular formula is C39H47N3O7Si. The molecule has 0 aliphatic carbocycles. The fraction of sp³-hybridized carbons (Fsp3) is 0.410. The number of aliphatic hydroxyl groups excluding tert-OH is 1. The number of hydrogen-bond donors (Lipinski definition) is 3. The monoisotopic (exact) mass is 697 g/mol. The quantitative estimate of drug-likeness (QED) is 0.143. The van der Waals surface area contributed by atoms with E-state index in [9.17, 15) is 25.1 Å². The Labute approximate surface area is 293 Å². The Kier molecular flexibility index (Phi) is 9.82. The number of aromatic nitrogens is 2. The van der Waals surface area contributed by atoms with Crippen LogP contribution in [-0.4, -0.2) is 59.0 Å². The van der Waals surface area contributed by atoms with Crippen molar-refractivity contribution in [3.63, 3.8) is 0 Å². The summed E-state index contributed by atoms with van der Waals surface area (Å²) >= 11 is 0. The van der Waals surface area contributed by atoms with Crippen LogP contribution in [0.25, 0.3) is 0 Å². The molecule has 1 aliphatic heterocycles. The van der Waals surface area contributed by atoms with Gasteiger partial charge in [0, 0.05) is 18.2 Å². The molecule has 50 heavy (non-hydrogen) atoms. The average Bonchev–Trinajstić information content (AvgIpc) is 3.41. The average molecular weight is 698 g/mol. The number of H-pyrrole nitrogens is 1. The lowest BCUT2D eigenvalue weighted by Crippen LogP contribution is -2.75. The van der Waals surface area contributed by atoms with Crippen LogP contribution in [0.15, 0.2) is 94.6 Å². The molecule has 264 valence electrons. The fourth-order valence-corrected chi connectivity index (χ4v) is 10.9. The van der Waals surface area contributed by atoms with Crippen LogP contribution in [0.3, 0.4) is 0 Å². The van der Waals surface area contributed by atoms with Crippen LogP contribution in [0.4, 0.5) is 0 Å². The van der Waals surface area contributed by atoms with E-state index in [0.717, 1.165) is 0 Å². The molecule has 0 amide bonds. The Morgan fingerprint density at radius 2 is 1.46 bits per heavy atom. The standard InChI is InChI=1S/C39H47N3O7Si/c1-26-25-42(35(45)41-33(26)43)32-24-38(46,50(7,8)36(2,3)4)37(49-32,22-23-40)34(44)39(27-12-10-9-11-13-27,28-14-18-30(47-5)19-15-28)29-16-20-31(48-6)21-17-29/h9-21,25,32,34,44,46H,22,24H2,1-8H3,(H,41,43,45)/t32-,34?,37-,38-/m1/s1. The highest BCUT2D eigenvalue weighted by Gasteiger charge is 2.74. The van der Waals surface area contributed by atoms with Crippen LogP contribution in [0.1, 0.15) is 62.1 Å². The number of nitriles is 1. The third-order valence-corrected chi connectivity index (χ3v) is 17.8. The van der Waals surface area contributed by atoms with Gasteiger partial charge in [0.05, 0.1) is 45.4 Å². The molecule has 0 saturated carbocycles. The third kappa shape index (κ3) is 5.60. The normalized spacial score (nSPS) is 21.7. The molecule has 1 unspecified atom stereocenters. The molecule has 5 rings (SSSR count). The number of methoxy groups -OCH3 is 2. The van der Waals surface area contributed by atoms with E-state index in [0.29, 0.717) is 28.2 Å². The Morgan fingerprint density at radius 1 is 0.960 bits per heavy atom. The van der Waals surface area contributed by atoms with Gasteiger partial charge in [-0.3, -0.25) is 14.3 Å². The number of hydrogen-bond acceptors (Lipinski definition) is 8. The summed E-state index contributed by atoms with van der Waals surface area (Å²) in [5.41, 5.74) is -2.40. The first-order chi connectivity index (χ1) is 23.5. The Hall–Kier alpha value is -4.47. The van der Waals surface area contributed by atoms with Gasteiger partial charge in [-0.25, -0.2) is 4.79 Å². The van der Waals surface area contributed by atoms with E-state index in [4.69, 9.17) is 14.2 Å². The zero-order valence-electron chi connectivity index (χ0n) is 30.0. The van der Waals surface area contributed by atoms with Gasteiger partial charge in [0.2, 0.25) is 0 Å². The highest BCUT2D eigenvalue weighted by Crippen LogP contribution is 2.61. The molecule has 10 nitrogen and oxygen atoms in total. The first-order valence-electron chi connectivity index (χ1n) is 16.7. The molecule has 3 aromatic carbocycles. The van der Waals surface area contributed by atoms with Gasteiger partial charge < -0.3 is 24.4 Å². The second kappa shape index (κ2) is 13.3. The molecule has 3 N–H and O–H groups in total. The fourth-order valence-electron chi connectivity index (χ4n) is 7.59. The number of ether oxygens (including phenoxy) is 3. The summed E-state index contributed by atoms with van der Waals surface area (Å²) in [5, 5.41) is 35.6. The van der Waals surface area contributed by atoms with Gasteiger partial charge in [-0.1, -0.05) is 88.5 Å². The van der Waals surface area contributed by atoms with E-state index in [1.807, 2.05) is 88.5 Å². The molecule has 1 saturated heterocycles. The SMILES string of the molecule is COc1ccc(C(c2ccccc2)(c2ccc(OC)cc2)C(O)[C@@]2(CC#N)O[C@@H](n3cc(C)c(=O)[nH]c3=O)C[C@@]2(O)[Si](C)(C)C(C)(C)C)cc1. The van der Waals surface area contributed by atoms with E-state index in [-0.39, 0.29) is 12.0 Å². The second-order valence-electron chi connectivity index (χ2n) is 14.7. The Bertz CT molecular complexity index is 1930. The minimum atomic E-state index is -3.07. The van der Waals surface area contributed by atoms with Crippen molar-refractivity contribution in [2.45, 2.75) is 87.2 Å². The molecule has 0 bridgehead atoms. The maximum absolute atomic E-state index is 13.6. The minimum Gasteiger partial charge on any atom is -0.497 e. The molecule has 0 radical (unpaired) electrons. The molecule has 4 aromatic rings. The predicted octanol–water partition coefficient (Wildman–Crippen LogP) is 5.61. The minimum absolute atomic E-state index is 0.107. The maximum atomic E-state index is 13.6. The van der Waals surface area contributed by atoms with Crippen molar-refractivity contribution in [3.8, 4) is 17.6 Å². The van der Waals surface area contributed by atoms with Crippen molar-refractivity contribution in [1.82, 2.24) is 9.55 Å². The number of aryl methyl sites for hydroxylation is 1. The van der Waals surface area contributed by atoms with Gasteiger partial charge in [-0.15, -0.1) is 0 Å². The first kappa shape index (κ1) is 36.8. The van der Waals surface area contributed by atoms with E-state index in [1.54, 1.807) is 45.4 Å². The smallest absolute Gasteiger partial charge is 0.330 e. The lowest BCUT2D eigenvalue weighted by atomic mass is 9.60. The van der Waals surface area contributed by atoms with E-state index < -0.39 is 59.4 Å². The van der Waals surface area contributed by atoms with Gasteiger partial charge in [0.15, 0.2) is 0 Å². The topological polar surface area (TPSA) is 147 Å². The summed E-state index contributed by atoms with van der Waals surface area (Å²) < 4.78 is 19.3. The van der Waals surface area contributed by atoms with E-state index >= 15 is 0 Å². The van der Waals surface area contributed by atoms with Crippen LogP contribution < -0.4 is 20.7 Å². The zero-order valence-corrected chi connectivity index (χ0v) is 31.0. The number of nitrogens with zero attached hydrogens (tertiary/aromatic N) is 2. The Balaban J connectivity index is 1.93. The van der Waals surface area contributed by atoms with Gasteiger partial charge in [-0.2, -0.15) is 5.26 Å². The van der Waals surface area contributed by atoms with E-state index in [2.05, 4.69) is 11.1 Å². The van der Waals surface area contributed by atoms with Gasteiger partial charge in [0.25, 0.3) is 5.56 Å². The van der Waals surface area contributed by atoms with Crippen molar-refractivity contribution < 1.29 is 24.4 Å². The van der Waals surface area contributed by atoms with Crippen molar-refractivity contribution in [2.75, 3.05) is 14.2 Å². The van der Waals surface area contributed by atoms with Gasteiger partial charge in [0.1, 0.15) is 29.4 Å². The number of aliphatic hydroxyl groups is 2. The number of aromatic amines is 1. The zero-order chi connectivity index (χ0) is 36.7. The summed E-state index contributed by atoms with van der Waals surface area (Å²) in [6.07, 6.45) is -1.86. The second-order valence-corrected chi connectivity index (χ2v) is 20.3. The van der Waals surface area contributed by atoms with Crippen molar-refractivity contribution >= 4 is 8.07 Å². The summed E-state index contributed by atoms with van der Waals surface area (Å²) in [4.78, 5) is 28.1. The predicted molar refractivity (Wildman–Crippen MR) is 194 cm³/mol. The van der Waals surface area contributed by atoms with Crippen LogP contribution in [-0.2, 0) is 10.2 Å². The molecular weight excluding hydrogens is 651 g/mol. The summed E-state index contributed by atoms with van der Waals surface area (Å²) in [6.45, 7) is 11.8. The molecule has 1 fully saturated rings. The van der Waals surface area contributed by atoms with Crippen molar-refractivity contribution in [2.24, 2.45) is 0 Å². The Morgan fingerprint density at radius 3 is 1.92 bits per heavy atom. The van der Waals surface area contributed by atoms with Gasteiger partial charge >= 0.3 is 5.69 Å². The van der Waals surface area contributed by atoms with Crippen molar-refractivity contribution in [1.29, 1.82) is 5.26 Å². The molecule has 11 heteroatoms. The van der Waals surface area contributed by atoms with Crippen molar-refractivity contribution in [3.05, 3.63) is 128 Å². The largest absolute Gasteiger partial charge is 0.497 e. The first-order valence-corrected chi connectivity index (χ1v) is 19.7. The molecule has 4 atom stereocenters. The van der Waals surface area contributed by atoms with Crippen LogP contribution in [0.5, 0.6) is 11.5 Å². The van der Waals surface area contributed by atoms with Crippen LogP contribution in [0.2, 0.25) is 18.1 Å². The number of nitrogens with one attached hydrogen (secondary N) is 1. The van der Waals surface area contributed by atoms with Crippen LogP contribution >= 0.6 is 0 Å². The van der Waals surface area contributed by atoms with Gasteiger partial charge in [-0.05, 0) is 52.9 Å². The third-order valence-electron chi connectivity index (χ3n) is 11.4.